The van der Waals surface area contributed by atoms with Gasteiger partial charge >= 0.3 is 16.8 Å². The van der Waals surface area contributed by atoms with Crippen LogP contribution in [0.15, 0.2) is 67.8 Å². The summed E-state index contributed by atoms with van der Waals surface area (Å²) in [6.07, 6.45) is -4.57. The van der Waals surface area contributed by atoms with Crippen LogP contribution in [0, 0.1) is 66.6 Å². The van der Waals surface area contributed by atoms with Gasteiger partial charge in [0.2, 0.25) is 41.4 Å². The van der Waals surface area contributed by atoms with Crippen LogP contribution in [0.1, 0.15) is 150 Å². The Morgan fingerprint density at radius 3 is 1.98 bits per heavy atom. The van der Waals surface area contributed by atoms with Gasteiger partial charge in [0.25, 0.3) is 7.82 Å². The molecule has 1 aromatic carbocycles. The molecule has 0 aliphatic carbocycles. The summed E-state index contributed by atoms with van der Waals surface area (Å²) in [6, 6.07) is 2.67. The molecule has 29 heteroatoms. The van der Waals surface area contributed by atoms with Crippen molar-refractivity contribution in [2.24, 2.45) is 94.7 Å². The van der Waals surface area contributed by atoms with E-state index >= 15 is 0 Å². The maximum absolute atomic E-state index is 14.4. The van der Waals surface area contributed by atoms with Crippen LogP contribution < -0.4 is 49.9 Å². The zero-order valence-electron chi connectivity index (χ0n) is 54.5. The van der Waals surface area contributed by atoms with E-state index in [1.807, 2.05) is 87.4 Å². The molecule has 1 aromatic heterocycles. The van der Waals surface area contributed by atoms with Crippen molar-refractivity contribution in [2.45, 2.75) is 189 Å². The Bertz CT molecular complexity index is 3540. The number of aliphatic hydroxyl groups excluding tert-OH is 2. The van der Waals surface area contributed by atoms with Crippen molar-refractivity contribution in [3.8, 4) is 0 Å². The van der Waals surface area contributed by atoms with Gasteiger partial charge in [-0.3, -0.25) is 53.1 Å². The summed E-state index contributed by atoms with van der Waals surface area (Å²) in [5.41, 5.74) is 37.2. The van der Waals surface area contributed by atoms with Gasteiger partial charge in [-0.05, 0) is 108 Å². The van der Waals surface area contributed by atoms with E-state index in [9.17, 15) is 53.2 Å². The van der Waals surface area contributed by atoms with Crippen molar-refractivity contribution in [3.63, 3.8) is 0 Å². The van der Waals surface area contributed by atoms with Crippen molar-refractivity contribution in [2.75, 3.05) is 13.2 Å². The standard InChI is InChI=1S/C62H90N13O14P.CH3.Co/c1-29-20-39-40(21-30(29)2)75(28-70-39)57-52(84)53(41(27-76)87-57)89-90(85,86)88-31(3)26-69-49(83)18-19-59(8)37(22-46(66)80)56-62(11)61(10,25-48(68)82)36(14-17-45(65)79)51(74-62)33(5)55-60(9,24-47(67)81)34(12-15-43(63)77)38(71-55)23-42-58(6,7)35(13-16-44(64)78)50(72-42)32(4)54(59)73-56;;/h20-21,23,28,31,34-37,41,52-53,56-57,71,76,84H,12-19,22,24-27H2,1-11H3,(H2,63,77)(H2,64,78)(H2,65,79)(H2,66,80)(H2,67,81)(H2,68,82)(H,69,83)(H,85,86);1H3;/q;-1;+2/p-1/b38-23-,50-32-,55-33-;;/t31?,34-,35-,36-,37?,41-,52-,53-,56?,57+,59-,60+,61+,62+;;/m1../s1. The minimum Gasteiger partial charge on any atom is -0.756 e. The Morgan fingerprint density at radius 2 is 1.40 bits per heavy atom. The summed E-state index contributed by atoms with van der Waals surface area (Å²) < 4.78 is 31.9. The summed E-state index contributed by atoms with van der Waals surface area (Å²) in [6.45, 7) is 19.1. The van der Waals surface area contributed by atoms with Gasteiger partial charge in [-0.25, -0.2) is 4.98 Å². The number of aliphatic imine (C=N–C) groups is 3. The van der Waals surface area contributed by atoms with Gasteiger partial charge in [0, 0.05) is 131 Å². The molecule has 27 nitrogen and oxygen atoms in total. The van der Waals surface area contributed by atoms with E-state index in [4.69, 9.17) is 63.2 Å². The van der Waals surface area contributed by atoms with Gasteiger partial charge in [-0.1, -0.05) is 34.6 Å². The maximum Gasteiger partial charge on any atom is 2.00 e. The van der Waals surface area contributed by atoms with Gasteiger partial charge in [0.15, 0.2) is 6.23 Å². The van der Waals surface area contributed by atoms with E-state index in [0.717, 1.165) is 11.1 Å². The van der Waals surface area contributed by atoms with Gasteiger partial charge in [0.1, 0.15) is 18.3 Å². The molecule has 6 aliphatic heterocycles. The van der Waals surface area contributed by atoms with Crippen LogP contribution in [0.25, 0.3) is 11.0 Å². The second kappa shape index (κ2) is 27.8. The molecule has 6 aliphatic rings. The number of hydrogen-bond donors (Lipinski definition) is 10. The largest absolute Gasteiger partial charge is 2.00 e. The van der Waals surface area contributed by atoms with Crippen LogP contribution in [-0.2, 0) is 68.7 Å². The fourth-order valence-corrected chi connectivity index (χ4v) is 16.6. The number of benzene rings is 1. The van der Waals surface area contributed by atoms with Crippen molar-refractivity contribution < 1.29 is 83.8 Å². The molecule has 2 aromatic rings. The number of nitrogens with one attached hydrogen (secondary N) is 2. The second-order valence-corrected chi connectivity index (χ2v) is 28.4. The third-order valence-electron chi connectivity index (χ3n) is 20.6. The fraction of sp³-hybridized carbons (Fsp3) is 0.619. The molecule has 2 saturated heterocycles. The number of ether oxygens (including phenoxy) is 1. The molecule has 8 bridgehead atoms. The van der Waals surface area contributed by atoms with Crippen LogP contribution in [-0.4, -0.2) is 127 Å². The number of phosphoric acid groups is 1. The Morgan fingerprint density at radius 1 is 0.815 bits per heavy atom. The Labute approximate surface area is 547 Å². The number of hydrogen-bond acceptors (Lipinski definition) is 19. The average Bonchev–Trinajstić information content (AvgIpc) is 1.53. The van der Waals surface area contributed by atoms with E-state index in [0.29, 0.717) is 56.4 Å². The number of phosphoric ester groups is 1. The number of aromatic nitrogens is 2. The van der Waals surface area contributed by atoms with Crippen LogP contribution in [0.2, 0.25) is 0 Å². The van der Waals surface area contributed by atoms with Gasteiger partial charge < -0.3 is 85.9 Å². The van der Waals surface area contributed by atoms with Crippen LogP contribution >= 0.6 is 7.82 Å². The first kappa shape index (κ1) is 74.5. The molecule has 92 heavy (non-hydrogen) atoms. The molecule has 16 N–H and O–H groups in total. The number of carbonyl (C=O) groups is 7. The molecule has 2 fully saturated rings. The number of primary amides is 6. The number of nitrogens with two attached hydrogens (primary N) is 6. The number of allylic oxidation sites excluding steroid dienone is 6. The number of nitrogens with zero attached hydrogens (tertiary/aromatic N) is 5. The van der Waals surface area contributed by atoms with E-state index in [1.54, 1.807) is 0 Å². The van der Waals surface area contributed by atoms with Crippen LogP contribution in [0.5, 0.6) is 0 Å². The second-order valence-electron chi connectivity index (χ2n) is 27.1. The SMILES string of the molecule is C/C1=C2N=C(/C=C3\N/C(=C(/C)C4=N[C@@](C)(C5N=C1[C@](C)(CCC(=O)NCC(C)OP(=O)([O-])O[C@H]1[C@@H](O)[C@@H](n6cnc7cc(C)c(C)cc76)O[C@@H]1CO)C5CC(N)=O)[C@@](C)(CC(N)=O)[C@@H]4CCC(N)=O)[C@@](C)(CC(N)=O)[C@@H]3CCC(N)=O)C(C)(C)[C@@H]/2CCC(N)=O.[CH3-].[Co+2]. The van der Waals surface area contributed by atoms with E-state index < -0.39 is 143 Å². The number of fused-ring (bicyclic) bond motifs is 7. The van der Waals surface area contributed by atoms with Crippen molar-refractivity contribution in [1.29, 1.82) is 0 Å². The molecule has 507 valence electrons. The van der Waals surface area contributed by atoms with E-state index in [1.165, 1.54) is 17.8 Å². The molecule has 8 rings (SSSR count). The van der Waals surface area contributed by atoms with Crippen LogP contribution in [0.4, 0.5) is 0 Å². The summed E-state index contributed by atoms with van der Waals surface area (Å²) >= 11 is 0. The third-order valence-corrected chi connectivity index (χ3v) is 21.7. The molecule has 7 heterocycles. The van der Waals surface area contributed by atoms with Crippen LogP contribution in [0.3, 0.4) is 0 Å². The normalized spacial score (nSPS) is 33.5. The molecule has 0 spiro atoms. The zero-order chi connectivity index (χ0) is 66.7. The molecule has 4 unspecified atom stereocenters. The van der Waals surface area contributed by atoms with Crippen molar-refractivity contribution >= 4 is 77.3 Å². The number of aliphatic hydroxyl groups is 2. The first-order valence-corrected chi connectivity index (χ1v) is 32.0. The van der Waals surface area contributed by atoms with E-state index in [2.05, 4.69) is 15.6 Å². The topological polar surface area (TPSA) is 463 Å². The van der Waals surface area contributed by atoms with Crippen molar-refractivity contribution in [3.05, 3.63) is 71.3 Å². The summed E-state index contributed by atoms with van der Waals surface area (Å²) in [7, 11) is -5.32. The molecule has 15 atom stereocenters. The zero-order valence-corrected chi connectivity index (χ0v) is 56.5. The van der Waals surface area contributed by atoms with Gasteiger partial charge in [0.05, 0.1) is 41.7 Å². The molecular weight excluding hydrogens is 1250 g/mol. The summed E-state index contributed by atoms with van der Waals surface area (Å²) in [5.74, 6) is -7.24. The predicted octanol–water partition coefficient (Wildman–Crippen LogP) is 2.98. The third kappa shape index (κ3) is 14.1. The minimum absolute atomic E-state index is 0. The molecule has 1 radical (unpaired) electrons. The molecule has 7 amide bonds. The Balaban J connectivity index is 0.00000672. The average molecular weight is 1350 g/mol. The first-order valence-electron chi connectivity index (χ1n) is 30.5. The van der Waals surface area contributed by atoms with E-state index in [-0.39, 0.29) is 101 Å². The quantitative estimate of drug-likeness (QED) is 0.0478. The monoisotopic (exact) mass is 1340 g/mol. The minimum atomic E-state index is -5.32. The number of imidazole rings is 1. The summed E-state index contributed by atoms with van der Waals surface area (Å²) in [5, 5.41) is 28.1. The molecular formula is C63H92CoN13O14P. The summed E-state index contributed by atoms with van der Waals surface area (Å²) in [4.78, 5) is 128. The number of carbonyl (C=O) groups excluding carboxylic acids is 7. The predicted molar refractivity (Wildman–Crippen MR) is 338 cm³/mol. The molecule has 0 saturated carbocycles. The smallest absolute Gasteiger partial charge is 0.756 e. The fourth-order valence-electron chi connectivity index (χ4n) is 15.4. The van der Waals surface area contributed by atoms with Gasteiger partial charge in [-0.2, -0.15) is 0 Å². The van der Waals surface area contributed by atoms with Crippen molar-refractivity contribution in [1.82, 2.24) is 20.2 Å². The first-order chi connectivity index (χ1) is 41.8. The number of aryl methyl sites for hydroxylation is 2. The number of rotatable bonds is 26. The maximum atomic E-state index is 14.4. The van der Waals surface area contributed by atoms with Gasteiger partial charge in [-0.15, -0.1) is 0 Å². The Kier molecular flexibility index (Phi) is 22.6. The number of amides is 7. The Hall–Kier alpha value is -6.49.